The van der Waals surface area contributed by atoms with Crippen molar-refractivity contribution in [2.24, 2.45) is 0 Å². The number of aliphatic hydroxyl groups excluding tert-OH is 5. The van der Waals surface area contributed by atoms with Gasteiger partial charge in [0.05, 0.1) is 25.4 Å². The SMILES string of the molecule is CCCCCCCCCCCCC/C=C/CC/C=C/C(O)C(COC1OC(CO)C(O)C(O)C1O)NC(C)=O. The Morgan fingerprint density at radius 2 is 1.41 bits per heavy atom. The highest BCUT2D eigenvalue weighted by atomic mass is 16.7. The van der Waals surface area contributed by atoms with E-state index < -0.39 is 49.5 Å². The lowest BCUT2D eigenvalue weighted by molar-refractivity contribution is -0.302. The molecule has 0 aromatic rings. The Hall–Kier alpha value is -1.33. The lowest BCUT2D eigenvalue weighted by atomic mass is 9.99. The molecule has 0 spiro atoms. The molecule has 0 bridgehead atoms. The van der Waals surface area contributed by atoms with Crippen molar-refractivity contribution in [2.45, 2.75) is 147 Å². The molecule has 0 aliphatic carbocycles. The number of amides is 1. The standard InChI is InChI=1S/C30H55NO8/c1-3-4-5-6-7-8-9-10-11-12-13-14-15-16-17-18-19-20-25(34)24(31-23(2)33)22-38-30-29(37)28(36)27(35)26(21-32)39-30/h15-16,19-20,24-30,32,34-37H,3-14,17-18,21-22H2,1-2H3,(H,31,33)/b16-15+,20-19+. The number of carbonyl (C=O) groups excluding carboxylic acids is 1. The van der Waals surface area contributed by atoms with E-state index in [9.17, 15) is 30.3 Å². The Labute approximate surface area is 235 Å². The van der Waals surface area contributed by atoms with Crippen LogP contribution in [0.25, 0.3) is 0 Å². The van der Waals surface area contributed by atoms with Crippen LogP contribution in [0.5, 0.6) is 0 Å². The maximum atomic E-state index is 11.6. The van der Waals surface area contributed by atoms with Gasteiger partial charge in [-0.15, -0.1) is 0 Å². The lowest BCUT2D eigenvalue weighted by Crippen LogP contribution is -2.60. The van der Waals surface area contributed by atoms with Crippen molar-refractivity contribution in [1.82, 2.24) is 5.32 Å². The molecule has 1 aliphatic heterocycles. The number of aliphatic hydroxyl groups is 5. The molecule has 1 amide bonds. The Balaban J connectivity index is 2.24. The van der Waals surface area contributed by atoms with Crippen LogP contribution >= 0.6 is 0 Å². The van der Waals surface area contributed by atoms with E-state index >= 15 is 0 Å². The first-order valence-electron chi connectivity index (χ1n) is 15.0. The zero-order valence-electron chi connectivity index (χ0n) is 24.1. The summed E-state index contributed by atoms with van der Waals surface area (Å²) in [6, 6.07) is -0.817. The number of unbranched alkanes of at least 4 members (excludes halogenated alkanes) is 12. The normalized spacial score (nSPS) is 25.4. The molecule has 9 heteroatoms. The van der Waals surface area contributed by atoms with Crippen molar-refractivity contribution in [2.75, 3.05) is 13.2 Å². The number of hydrogen-bond donors (Lipinski definition) is 6. The molecule has 1 rings (SSSR count). The van der Waals surface area contributed by atoms with Crippen LogP contribution in [0.1, 0.15) is 104 Å². The smallest absolute Gasteiger partial charge is 0.217 e. The van der Waals surface area contributed by atoms with E-state index in [1.165, 1.54) is 77.6 Å². The average Bonchev–Trinajstić information content (AvgIpc) is 2.92. The maximum absolute atomic E-state index is 11.6. The van der Waals surface area contributed by atoms with Gasteiger partial charge in [-0.3, -0.25) is 4.79 Å². The molecule has 1 heterocycles. The van der Waals surface area contributed by atoms with E-state index in [0.717, 1.165) is 19.3 Å². The monoisotopic (exact) mass is 557 g/mol. The van der Waals surface area contributed by atoms with Gasteiger partial charge < -0.3 is 40.3 Å². The fourth-order valence-electron chi connectivity index (χ4n) is 4.61. The second kappa shape index (κ2) is 22.4. The van der Waals surface area contributed by atoms with Crippen molar-refractivity contribution in [3.63, 3.8) is 0 Å². The molecule has 1 aliphatic rings. The minimum Gasteiger partial charge on any atom is -0.394 e. The van der Waals surface area contributed by atoms with E-state index in [1.807, 2.05) is 6.08 Å². The van der Waals surface area contributed by atoms with Crippen molar-refractivity contribution in [3.05, 3.63) is 24.3 Å². The molecule has 39 heavy (non-hydrogen) atoms. The Morgan fingerprint density at radius 1 is 0.846 bits per heavy atom. The molecule has 228 valence electrons. The average molecular weight is 558 g/mol. The quantitative estimate of drug-likeness (QED) is 0.0878. The topological polar surface area (TPSA) is 149 Å². The number of allylic oxidation sites excluding steroid dienone is 3. The molecule has 0 aromatic carbocycles. The molecule has 0 aromatic heterocycles. The highest BCUT2D eigenvalue weighted by Gasteiger charge is 2.44. The predicted molar refractivity (Wildman–Crippen MR) is 152 cm³/mol. The van der Waals surface area contributed by atoms with Crippen LogP contribution in [-0.4, -0.2) is 87.5 Å². The fraction of sp³-hybridized carbons (Fsp3) is 0.833. The van der Waals surface area contributed by atoms with Crippen LogP contribution in [0.2, 0.25) is 0 Å². The number of nitrogens with one attached hydrogen (secondary N) is 1. The number of carbonyl (C=O) groups is 1. The van der Waals surface area contributed by atoms with Crippen molar-refractivity contribution >= 4 is 5.91 Å². The molecule has 0 radical (unpaired) electrons. The predicted octanol–water partition coefficient (Wildman–Crippen LogP) is 3.26. The van der Waals surface area contributed by atoms with Crippen molar-refractivity contribution in [1.29, 1.82) is 0 Å². The highest BCUT2D eigenvalue weighted by molar-refractivity contribution is 5.73. The fourth-order valence-corrected chi connectivity index (χ4v) is 4.61. The van der Waals surface area contributed by atoms with Gasteiger partial charge in [-0.2, -0.15) is 0 Å². The van der Waals surface area contributed by atoms with Gasteiger partial charge >= 0.3 is 0 Å². The van der Waals surface area contributed by atoms with Crippen molar-refractivity contribution < 1.29 is 39.8 Å². The van der Waals surface area contributed by atoms with Crippen LogP contribution in [-0.2, 0) is 14.3 Å². The third-order valence-corrected chi connectivity index (χ3v) is 7.06. The summed E-state index contributed by atoms with van der Waals surface area (Å²) in [6.07, 6.45) is 17.2. The van der Waals surface area contributed by atoms with Crippen LogP contribution in [0.15, 0.2) is 24.3 Å². The third-order valence-electron chi connectivity index (χ3n) is 7.06. The number of hydrogen-bond acceptors (Lipinski definition) is 8. The summed E-state index contributed by atoms with van der Waals surface area (Å²) in [5.41, 5.74) is 0. The second-order valence-electron chi connectivity index (χ2n) is 10.6. The summed E-state index contributed by atoms with van der Waals surface area (Å²) in [4.78, 5) is 11.6. The molecule has 7 unspecified atom stereocenters. The molecule has 1 saturated heterocycles. The zero-order valence-corrected chi connectivity index (χ0v) is 24.1. The van der Waals surface area contributed by atoms with Crippen molar-refractivity contribution in [3.8, 4) is 0 Å². The van der Waals surface area contributed by atoms with Gasteiger partial charge in [0.25, 0.3) is 0 Å². The van der Waals surface area contributed by atoms with E-state index in [1.54, 1.807) is 6.08 Å². The first-order chi connectivity index (χ1) is 18.8. The van der Waals surface area contributed by atoms with E-state index in [2.05, 4.69) is 24.4 Å². The summed E-state index contributed by atoms with van der Waals surface area (Å²) < 4.78 is 10.8. The minimum atomic E-state index is -1.56. The molecule has 9 nitrogen and oxygen atoms in total. The zero-order chi connectivity index (χ0) is 28.9. The van der Waals surface area contributed by atoms with Gasteiger partial charge in [0, 0.05) is 6.92 Å². The molecular formula is C30H55NO8. The summed E-state index contributed by atoms with van der Waals surface area (Å²) in [7, 11) is 0. The second-order valence-corrected chi connectivity index (χ2v) is 10.6. The van der Waals surface area contributed by atoms with Crippen LogP contribution in [0.3, 0.4) is 0 Å². The van der Waals surface area contributed by atoms with Crippen LogP contribution < -0.4 is 5.32 Å². The van der Waals surface area contributed by atoms with E-state index in [0.29, 0.717) is 0 Å². The van der Waals surface area contributed by atoms with Gasteiger partial charge in [0.2, 0.25) is 5.91 Å². The van der Waals surface area contributed by atoms with E-state index in [4.69, 9.17) is 9.47 Å². The Morgan fingerprint density at radius 3 is 2.00 bits per heavy atom. The number of ether oxygens (including phenoxy) is 2. The van der Waals surface area contributed by atoms with Gasteiger partial charge in [-0.05, 0) is 25.7 Å². The lowest BCUT2D eigenvalue weighted by Gasteiger charge is -2.40. The number of rotatable bonds is 22. The Kier molecular flexibility index (Phi) is 20.5. The molecule has 1 fully saturated rings. The molecular weight excluding hydrogens is 502 g/mol. The maximum Gasteiger partial charge on any atom is 0.217 e. The van der Waals surface area contributed by atoms with E-state index in [-0.39, 0.29) is 12.5 Å². The molecule has 0 saturated carbocycles. The van der Waals surface area contributed by atoms with Crippen LogP contribution in [0.4, 0.5) is 0 Å². The highest BCUT2D eigenvalue weighted by Crippen LogP contribution is 2.22. The van der Waals surface area contributed by atoms with Crippen LogP contribution in [0, 0.1) is 0 Å². The third kappa shape index (κ3) is 15.9. The Bertz CT molecular complexity index is 671. The van der Waals surface area contributed by atoms with Gasteiger partial charge in [0.1, 0.15) is 24.4 Å². The summed E-state index contributed by atoms with van der Waals surface area (Å²) in [5, 5.41) is 52.3. The van der Waals surface area contributed by atoms with Gasteiger partial charge in [0.15, 0.2) is 6.29 Å². The summed E-state index contributed by atoms with van der Waals surface area (Å²) >= 11 is 0. The summed E-state index contributed by atoms with van der Waals surface area (Å²) in [6.45, 7) is 2.79. The summed E-state index contributed by atoms with van der Waals surface area (Å²) in [5.74, 6) is -0.366. The molecule has 7 atom stereocenters. The largest absolute Gasteiger partial charge is 0.394 e. The van der Waals surface area contributed by atoms with Gasteiger partial charge in [-0.1, -0.05) is 95.4 Å². The molecule has 6 N–H and O–H groups in total. The van der Waals surface area contributed by atoms with Gasteiger partial charge in [-0.25, -0.2) is 0 Å². The first-order valence-corrected chi connectivity index (χ1v) is 15.0. The first kappa shape index (κ1) is 35.7. The minimum absolute atomic E-state index is 0.216.